The van der Waals surface area contributed by atoms with Crippen LogP contribution in [0.5, 0.6) is 0 Å². The fraction of sp³-hybridized carbons (Fsp3) is 0.556. The third kappa shape index (κ3) is 5.60. The van der Waals surface area contributed by atoms with Crippen LogP contribution in [0.4, 0.5) is 0 Å². The van der Waals surface area contributed by atoms with Crippen LogP contribution in [0, 0.1) is 17.8 Å². The maximum atomic E-state index is 12.4. The van der Waals surface area contributed by atoms with E-state index in [-0.39, 0.29) is 35.9 Å². The largest absolute Gasteiger partial charge is 0.352 e. The highest BCUT2D eigenvalue weighted by Crippen LogP contribution is 2.18. The molecule has 122 valence electrons. The fourth-order valence-corrected chi connectivity index (χ4v) is 2.27. The topological polar surface area (TPSA) is 72.2 Å². The first-order valence-electron chi connectivity index (χ1n) is 7.92. The smallest absolute Gasteiger partial charge is 0.224 e. The number of hydrogen-bond acceptors (Lipinski definition) is 3. The summed E-state index contributed by atoms with van der Waals surface area (Å²) in [4.78, 5) is 24.6. The first-order valence-corrected chi connectivity index (χ1v) is 7.92. The molecule has 3 N–H and O–H groups in total. The van der Waals surface area contributed by atoms with Gasteiger partial charge >= 0.3 is 0 Å². The Morgan fingerprint density at radius 1 is 1.05 bits per heavy atom. The number of nitrogens with one attached hydrogen (secondary N) is 1. The van der Waals surface area contributed by atoms with E-state index in [2.05, 4.69) is 5.32 Å². The average molecular weight is 304 g/mol. The van der Waals surface area contributed by atoms with E-state index in [1.54, 1.807) is 0 Å². The molecular formula is C18H28N2O2. The van der Waals surface area contributed by atoms with Gasteiger partial charge in [-0.05, 0) is 17.4 Å². The van der Waals surface area contributed by atoms with Gasteiger partial charge in [0, 0.05) is 18.9 Å². The van der Waals surface area contributed by atoms with Crippen LogP contribution in [-0.4, -0.2) is 17.7 Å². The minimum atomic E-state index is -0.497. The van der Waals surface area contributed by atoms with Gasteiger partial charge in [-0.2, -0.15) is 0 Å². The van der Waals surface area contributed by atoms with E-state index in [0.29, 0.717) is 6.54 Å². The van der Waals surface area contributed by atoms with Crippen LogP contribution < -0.4 is 11.1 Å². The summed E-state index contributed by atoms with van der Waals surface area (Å²) in [5.41, 5.74) is 6.94. The molecule has 4 heteroatoms. The van der Waals surface area contributed by atoms with Gasteiger partial charge in [-0.25, -0.2) is 0 Å². The molecule has 0 aliphatic heterocycles. The molecule has 1 rings (SSSR count). The lowest BCUT2D eigenvalue weighted by atomic mass is 9.86. The molecule has 4 nitrogen and oxygen atoms in total. The third-order valence-corrected chi connectivity index (χ3v) is 3.96. The second kappa shape index (κ2) is 8.69. The molecular weight excluding hydrogens is 276 g/mol. The van der Waals surface area contributed by atoms with E-state index in [4.69, 9.17) is 5.73 Å². The molecule has 0 spiro atoms. The van der Waals surface area contributed by atoms with Crippen LogP contribution in [0.2, 0.25) is 0 Å². The highest BCUT2D eigenvalue weighted by atomic mass is 16.2. The number of benzene rings is 1. The maximum Gasteiger partial charge on any atom is 0.224 e. The van der Waals surface area contributed by atoms with Crippen molar-refractivity contribution in [1.29, 1.82) is 0 Å². The van der Waals surface area contributed by atoms with Gasteiger partial charge in [-0.1, -0.05) is 58.0 Å². The van der Waals surface area contributed by atoms with Gasteiger partial charge in [-0.3, -0.25) is 9.59 Å². The summed E-state index contributed by atoms with van der Waals surface area (Å²) < 4.78 is 0. The van der Waals surface area contributed by atoms with Crippen molar-refractivity contribution in [3.63, 3.8) is 0 Å². The van der Waals surface area contributed by atoms with Crippen LogP contribution in [0.25, 0.3) is 0 Å². The Morgan fingerprint density at radius 3 is 2.14 bits per heavy atom. The van der Waals surface area contributed by atoms with E-state index in [1.165, 1.54) is 0 Å². The molecule has 0 heterocycles. The zero-order valence-electron chi connectivity index (χ0n) is 14.0. The van der Waals surface area contributed by atoms with E-state index in [9.17, 15) is 9.59 Å². The predicted octanol–water partition coefficient (Wildman–Crippen LogP) is 2.52. The standard InChI is InChI=1S/C18H28N2O2/c1-12(2)15(10-16(21)17(19)13(3)4)18(22)20-11-14-8-6-5-7-9-14/h5-9,12-13,15,17H,10-11,19H2,1-4H3,(H,20,22)/t15-,17-/m0/s1. The van der Waals surface area contributed by atoms with E-state index < -0.39 is 6.04 Å². The van der Waals surface area contributed by atoms with Crippen molar-refractivity contribution in [3.05, 3.63) is 35.9 Å². The van der Waals surface area contributed by atoms with Crippen LogP contribution in [0.15, 0.2) is 30.3 Å². The van der Waals surface area contributed by atoms with Gasteiger partial charge in [0.25, 0.3) is 0 Å². The Kier molecular flexibility index (Phi) is 7.25. The highest BCUT2D eigenvalue weighted by Gasteiger charge is 2.28. The third-order valence-electron chi connectivity index (χ3n) is 3.96. The second-order valence-corrected chi connectivity index (χ2v) is 6.49. The Morgan fingerprint density at radius 2 is 1.64 bits per heavy atom. The van der Waals surface area contributed by atoms with Gasteiger partial charge in [0.15, 0.2) is 5.78 Å². The average Bonchev–Trinajstić information content (AvgIpc) is 2.49. The Bertz CT molecular complexity index is 483. The summed E-state index contributed by atoms with van der Waals surface area (Å²) in [5.74, 6) is -0.264. The summed E-state index contributed by atoms with van der Waals surface area (Å²) in [5, 5.41) is 2.92. The minimum absolute atomic E-state index is 0.0384. The molecule has 0 saturated carbocycles. The van der Waals surface area contributed by atoms with Crippen molar-refractivity contribution in [2.24, 2.45) is 23.5 Å². The predicted molar refractivity (Wildman–Crippen MR) is 89.1 cm³/mol. The molecule has 1 amide bonds. The molecule has 1 aromatic carbocycles. The van der Waals surface area contributed by atoms with Gasteiger partial charge in [0.2, 0.25) is 5.91 Å². The van der Waals surface area contributed by atoms with Crippen molar-refractivity contribution in [2.45, 2.75) is 46.7 Å². The molecule has 0 fully saturated rings. The summed E-state index contributed by atoms with van der Waals surface area (Å²) >= 11 is 0. The van der Waals surface area contributed by atoms with Crippen molar-refractivity contribution in [2.75, 3.05) is 0 Å². The molecule has 0 radical (unpaired) electrons. The second-order valence-electron chi connectivity index (χ2n) is 6.49. The lowest BCUT2D eigenvalue weighted by Gasteiger charge is -2.22. The summed E-state index contributed by atoms with van der Waals surface area (Å²) in [6.45, 7) is 8.24. The van der Waals surface area contributed by atoms with Crippen molar-refractivity contribution >= 4 is 11.7 Å². The van der Waals surface area contributed by atoms with Gasteiger partial charge < -0.3 is 11.1 Å². The van der Waals surface area contributed by atoms with Gasteiger partial charge in [-0.15, -0.1) is 0 Å². The normalized spacial score (nSPS) is 14.0. The number of Topliss-reactive ketones (excluding diaryl/α,β-unsaturated/α-hetero) is 1. The molecule has 22 heavy (non-hydrogen) atoms. The van der Waals surface area contributed by atoms with Crippen molar-refractivity contribution in [1.82, 2.24) is 5.32 Å². The number of amides is 1. The number of carbonyl (C=O) groups is 2. The number of rotatable bonds is 8. The number of nitrogens with two attached hydrogens (primary N) is 1. The molecule has 1 aromatic rings. The monoisotopic (exact) mass is 304 g/mol. The van der Waals surface area contributed by atoms with Gasteiger partial charge in [0.05, 0.1) is 6.04 Å². The molecule has 2 atom stereocenters. The number of ketones is 1. The molecule has 0 aliphatic rings. The fourth-order valence-electron chi connectivity index (χ4n) is 2.27. The molecule has 0 unspecified atom stereocenters. The molecule has 0 aliphatic carbocycles. The first-order chi connectivity index (χ1) is 10.3. The van der Waals surface area contributed by atoms with E-state index >= 15 is 0 Å². The zero-order chi connectivity index (χ0) is 16.7. The first kappa shape index (κ1) is 18.4. The lowest BCUT2D eigenvalue weighted by Crippen LogP contribution is -2.40. The van der Waals surface area contributed by atoms with Crippen molar-refractivity contribution in [3.8, 4) is 0 Å². The summed E-state index contributed by atoms with van der Waals surface area (Å²) in [6, 6.07) is 9.24. The summed E-state index contributed by atoms with van der Waals surface area (Å²) in [6.07, 6.45) is 0.206. The Balaban J connectivity index is 2.62. The maximum absolute atomic E-state index is 12.4. The van der Waals surface area contributed by atoms with E-state index in [1.807, 2.05) is 58.0 Å². The molecule has 0 bridgehead atoms. The quantitative estimate of drug-likeness (QED) is 0.775. The van der Waals surface area contributed by atoms with Crippen LogP contribution in [0.1, 0.15) is 39.7 Å². The van der Waals surface area contributed by atoms with Crippen molar-refractivity contribution < 1.29 is 9.59 Å². The Labute approximate surface area is 133 Å². The van der Waals surface area contributed by atoms with Crippen LogP contribution in [-0.2, 0) is 16.1 Å². The van der Waals surface area contributed by atoms with Gasteiger partial charge in [0.1, 0.15) is 0 Å². The lowest BCUT2D eigenvalue weighted by molar-refractivity contribution is -0.131. The SMILES string of the molecule is CC(C)[C@H](N)C(=O)C[C@H](C(=O)NCc1ccccc1)C(C)C. The molecule has 0 saturated heterocycles. The molecule has 0 aromatic heterocycles. The van der Waals surface area contributed by atoms with Crippen LogP contribution in [0.3, 0.4) is 0 Å². The van der Waals surface area contributed by atoms with E-state index in [0.717, 1.165) is 5.56 Å². The minimum Gasteiger partial charge on any atom is -0.352 e. The summed E-state index contributed by atoms with van der Waals surface area (Å²) in [7, 11) is 0. The number of hydrogen-bond donors (Lipinski definition) is 2. The number of carbonyl (C=O) groups excluding carboxylic acids is 2. The highest BCUT2D eigenvalue weighted by molar-refractivity contribution is 5.89. The van der Waals surface area contributed by atoms with Crippen LogP contribution >= 0.6 is 0 Å². The zero-order valence-corrected chi connectivity index (χ0v) is 14.0. The Hall–Kier alpha value is -1.68.